The first kappa shape index (κ1) is 12.6. The summed E-state index contributed by atoms with van der Waals surface area (Å²) in [5, 5.41) is 0. The monoisotopic (exact) mass is 235 g/mol. The Hall–Kier alpha value is -1.82. The first-order valence-corrected chi connectivity index (χ1v) is 6.46. The van der Waals surface area contributed by atoms with Gasteiger partial charge >= 0.3 is 0 Å². The second kappa shape index (κ2) is 6.80. The normalized spacial score (nSPS) is 12.7. The van der Waals surface area contributed by atoms with Crippen LogP contribution in [0.1, 0.15) is 29.9 Å². The van der Waals surface area contributed by atoms with Gasteiger partial charge in [-0.05, 0) is 29.9 Å². The molecule has 0 aliphatic carbocycles. The minimum Gasteiger partial charge on any atom is -0.0833 e. The van der Waals surface area contributed by atoms with Crippen molar-refractivity contribution in [1.82, 2.24) is 0 Å². The highest BCUT2D eigenvalue weighted by Crippen LogP contribution is 2.23. The van der Waals surface area contributed by atoms with Gasteiger partial charge in [-0.2, -0.15) is 0 Å². The van der Waals surface area contributed by atoms with Crippen LogP contribution in [0.2, 0.25) is 0 Å². The van der Waals surface area contributed by atoms with Gasteiger partial charge in [0.15, 0.2) is 0 Å². The molecule has 2 aromatic carbocycles. The highest BCUT2D eigenvalue weighted by molar-refractivity contribution is 5.48. The van der Waals surface area contributed by atoms with Crippen molar-refractivity contribution in [3.63, 3.8) is 0 Å². The third kappa shape index (κ3) is 3.59. The van der Waals surface area contributed by atoms with Crippen LogP contribution in [-0.2, 0) is 0 Å². The lowest BCUT2D eigenvalue weighted by Crippen LogP contribution is -1.95. The van der Waals surface area contributed by atoms with E-state index in [4.69, 9.17) is 0 Å². The molecule has 0 nitrogen and oxygen atoms in total. The average Bonchev–Trinajstić information content (AvgIpc) is 2.46. The van der Waals surface area contributed by atoms with E-state index < -0.39 is 0 Å². The highest BCUT2D eigenvalue weighted by Gasteiger charge is 2.05. The fraction of sp³-hybridized carbons (Fsp3) is 0.167. The lowest BCUT2D eigenvalue weighted by Gasteiger charge is -2.12. The molecule has 18 heavy (non-hydrogen) atoms. The second-order valence-electron chi connectivity index (χ2n) is 4.45. The van der Waals surface area contributed by atoms with Crippen molar-refractivity contribution in [2.24, 2.45) is 0 Å². The van der Waals surface area contributed by atoms with Gasteiger partial charge in [0.25, 0.3) is 0 Å². The molecule has 0 saturated heterocycles. The second-order valence-corrected chi connectivity index (χ2v) is 4.45. The molecule has 0 aliphatic rings. The number of rotatable bonds is 5. The molecule has 0 fully saturated rings. The number of benzene rings is 2. The molecule has 1 unspecified atom stereocenters. The molecule has 0 amide bonds. The van der Waals surface area contributed by atoms with Gasteiger partial charge in [-0.1, -0.05) is 79.7 Å². The van der Waals surface area contributed by atoms with Crippen molar-refractivity contribution in [3.8, 4) is 0 Å². The predicted octanol–water partition coefficient (Wildman–Crippen LogP) is 5.10. The van der Waals surface area contributed by atoms with Crippen LogP contribution in [0.15, 0.2) is 66.7 Å². The molecule has 0 bridgehead atoms. The van der Waals surface area contributed by atoms with Gasteiger partial charge in [0.1, 0.15) is 0 Å². The van der Waals surface area contributed by atoms with E-state index in [1.165, 1.54) is 11.1 Å². The molecular weight excluding hydrogens is 216 g/mol. The maximum Gasteiger partial charge on any atom is -0.0127 e. The SMILES string of the molecule is [CH2]CC(C/C=C/c1ccccc1)c1ccccc1. The Balaban J connectivity index is 1.98. The van der Waals surface area contributed by atoms with E-state index in [-0.39, 0.29) is 0 Å². The van der Waals surface area contributed by atoms with Crippen LogP contribution in [0, 0.1) is 6.92 Å². The molecule has 0 N–H and O–H groups in total. The van der Waals surface area contributed by atoms with Crippen LogP contribution < -0.4 is 0 Å². The summed E-state index contributed by atoms with van der Waals surface area (Å²) >= 11 is 0. The van der Waals surface area contributed by atoms with E-state index in [0.29, 0.717) is 5.92 Å². The number of allylic oxidation sites excluding steroid dienone is 1. The minimum atomic E-state index is 0.520. The summed E-state index contributed by atoms with van der Waals surface area (Å²) in [6.07, 6.45) is 6.41. The Labute approximate surface area is 110 Å². The molecule has 0 aliphatic heterocycles. The van der Waals surface area contributed by atoms with Crippen molar-refractivity contribution in [1.29, 1.82) is 0 Å². The molecule has 0 spiro atoms. The minimum absolute atomic E-state index is 0.520. The Morgan fingerprint density at radius 3 is 2.11 bits per heavy atom. The largest absolute Gasteiger partial charge is 0.0833 e. The molecule has 0 heteroatoms. The Morgan fingerprint density at radius 2 is 1.50 bits per heavy atom. The van der Waals surface area contributed by atoms with Crippen molar-refractivity contribution in [2.75, 3.05) is 0 Å². The lowest BCUT2D eigenvalue weighted by molar-refractivity contribution is 0.711. The van der Waals surface area contributed by atoms with Crippen LogP contribution in [0.4, 0.5) is 0 Å². The maximum absolute atomic E-state index is 4.05. The van der Waals surface area contributed by atoms with Gasteiger partial charge in [0, 0.05) is 0 Å². The third-order valence-electron chi connectivity index (χ3n) is 3.15. The number of hydrogen-bond donors (Lipinski definition) is 0. The van der Waals surface area contributed by atoms with Gasteiger partial charge in [0.05, 0.1) is 0 Å². The lowest BCUT2D eigenvalue weighted by atomic mass is 9.93. The fourth-order valence-electron chi connectivity index (χ4n) is 2.08. The standard InChI is InChI=1S/C18H19/c1-2-17(18-13-7-4-8-14-18)15-9-12-16-10-5-3-6-11-16/h3-14,17H,1-2,15H2/b12-9+. The van der Waals surface area contributed by atoms with Gasteiger partial charge in [-0.25, -0.2) is 0 Å². The van der Waals surface area contributed by atoms with Gasteiger partial charge < -0.3 is 0 Å². The zero-order valence-corrected chi connectivity index (χ0v) is 10.6. The van der Waals surface area contributed by atoms with Crippen molar-refractivity contribution in [2.45, 2.75) is 18.8 Å². The van der Waals surface area contributed by atoms with Crippen LogP contribution in [0.3, 0.4) is 0 Å². The molecule has 91 valence electrons. The van der Waals surface area contributed by atoms with Crippen molar-refractivity contribution >= 4 is 6.08 Å². The molecule has 1 atom stereocenters. The molecule has 2 rings (SSSR count). The summed E-state index contributed by atoms with van der Waals surface area (Å²) in [6, 6.07) is 21.0. The molecule has 2 aromatic rings. The smallest absolute Gasteiger partial charge is 0.0127 e. The van der Waals surface area contributed by atoms with E-state index in [1.54, 1.807) is 0 Å². The van der Waals surface area contributed by atoms with E-state index >= 15 is 0 Å². The highest BCUT2D eigenvalue weighted by atomic mass is 14.1. The number of hydrogen-bond acceptors (Lipinski definition) is 0. The summed E-state index contributed by atoms with van der Waals surface area (Å²) in [5.41, 5.74) is 2.64. The molecular formula is C18H19. The van der Waals surface area contributed by atoms with Gasteiger partial charge in [-0.3, -0.25) is 0 Å². The van der Waals surface area contributed by atoms with Gasteiger partial charge in [-0.15, -0.1) is 0 Å². The Morgan fingerprint density at radius 1 is 0.889 bits per heavy atom. The summed E-state index contributed by atoms with van der Waals surface area (Å²) in [6.45, 7) is 4.05. The molecule has 0 saturated carbocycles. The van der Waals surface area contributed by atoms with Crippen LogP contribution in [0.5, 0.6) is 0 Å². The third-order valence-corrected chi connectivity index (χ3v) is 3.15. The summed E-state index contributed by atoms with van der Waals surface area (Å²) < 4.78 is 0. The quantitative estimate of drug-likeness (QED) is 0.676. The van der Waals surface area contributed by atoms with Crippen molar-refractivity contribution in [3.05, 3.63) is 84.8 Å². The predicted molar refractivity (Wildman–Crippen MR) is 79.3 cm³/mol. The van der Waals surface area contributed by atoms with Crippen LogP contribution in [-0.4, -0.2) is 0 Å². The summed E-state index contributed by atoms with van der Waals surface area (Å²) in [4.78, 5) is 0. The maximum atomic E-state index is 4.05. The zero-order valence-electron chi connectivity index (χ0n) is 10.6. The molecule has 0 heterocycles. The average molecular weight is 235 g/mol. The first-order chi connectivity index (χ1) is 8.90. The topological polar surface area (TPSA) is 0 Å². The summed E-state index contributed by atoms with van der Waals surface area (Å²) in [7, 11) is 0. The van der Waals surface area contributed by atoms with E-state index in [9.17, 15) is 0 Å². The van der Waals surface area contributed by atoms with Crippen LogP contribution in [0.25, 0.3) is 6.08 Å². The summed E-state index contributed by atoms with van der Waals surface area (Å²) in [5.74, 6) is 0.520. The van der Waals surface area contributed by atoms with Crippen molar-refractivity contribution < 1.29 is 0 Å². The van der Waals surface area contributed by atoms with E-state index in [1.807, 2.05) is 6.07 Å². The Kier molecular flexibility index (Phi) is 4.78. The Bertz CT molecular complexity index is 468. The molecule has 0 aromatic heterocycles. The zero-order chi connectivity index (χ0) is 12.6. The van der Waals surface area contributed by atoms with E-state index in [2.05, 4.69) is 73.7 Å². The van der Waals surface area contributed by atoms with E-state index in [0.717, 1.165) is 12.8 Å². The fourth-order valence-corrected chi connectivity index (χ4v) is 2.08. The first-order valence-electron chi connectivity index (χ1n) is 6.46. The van der Waals surface area contributed by atoms with Crippen LogP contribution >= 0.6 is 0 Å². The molecule has 1 radical (unpaired) electrons. The van der Waals surface area contributed by atoms with Gasteiger partial charge in [0.2, 0.25) is 0 Å².